The number of benzene rings is 1. The third-order valence-corrected chi connectivity index (χ3v) is 3.11. The Labute approximate surface area is 116 Å². The first-order valence-corrected chi connectivity index (χ1v) is 6.24. The van der Waals surface area contributed by atoms with Gasteiger partial charge in [-0.05, 0) is 23.8 Å². The van der Waals surface area contributed by atoms with Crippen molar-refractivity contribution in [2.75, 3.05) is 7.11 Å². The Hall–Kier alpha value is -2.53. The summed E-state index contributed by atoms with van der Waals surface area (Å²) in [7, 11) is 1.60. The Bertz CT molecular complexity index is 745. The zero-order chi connectivity index (χ0) is 13.9. The molecule has 3 aromatic rings. The number of nitrogens with zero attached hydrogens (tertiary/aromatic N) is 3. The number of hydrogen-bond acceptors (Lipinski definition) is 5. The molecule has 1 aromatic carbocycles. The highest BCUT2D eigenvalue weighted by molar-refractivity contribution is 5.73. The molecular weight excluding hydrogens is 252 g/mol. The highest BCUT2D eigenvalue weighted by atomic mass is 16.5. The summed E-state index contributed by atoms with van der Waals surface area (Å²) in [5.74, 6) is 0.673. The number of rotatable bonds is 3. The zero-order valence-corrected chi connectivity index (χ0v) is 11.0. The number of methoxy groups -OCH3 is 1. The molecule has 100 valence electrons. The van der Waals surface area contributed by atoms with Gasteiger partial charge in [-0.3, -0.25) is 9.97 Å². The average molecular weight is 266 g/mol. The van der Waals surface area contributed by atoms with Gasteiger partial charge in [0, 0.05) is 6.20 Å². The Kier molecular flexibility index (Phi) is 3.26. The first kappa shape index (κ1) is 12.5. The fourth-order valence-electron chi connectivity index (χ4n) is 2.01. The molecule has 0 saturated carbocycles. The second-order valence-electron chi connectivity index (χ2n) is 4.42. The standard InChI is InChI=1S/C15H14N4O/c1-20-11-6-10(7-17-8-11)15(16)14-9-18-12-4-2-3-5-13(12)19-14/h2-9,15H,16H2,1H3. The normalized spacial score (nSPS) is 12.3. The van der Waals surface area contributed by atoms with Gasteiger partial charge in [-0.2, -0.15) is 0 Å². The van der Waals surface area contributed by atoms with Crippen molar-refractivity contribution in [2.45, 2.75) is 6.04 Å². The molecule has 0 amide bonds. The van der Waals surface area contributed by atoms with Crippen LogP contribution < -0.4 is 10.5 Å². The van der Waals surface area contributed by atoms with E-state index in [1.807, 2.05) is 30.3 Å². The van der Waals surface area contributed by atoms with Gasteiger partial charge in [-0.15, -0.1) is 0 Å². The molecule has 0 bridgehead atoms. The minimum atomic E-state index is -0.380. The second-order valence-corrected chi connectivity index (χ2v) is 4.42. The van der Waals surface area contributed by atoms with Crippen molar-refractivity contribution in [1.29, 1.82) is 0 Å². The van der Waals surface area contributed by atoms with Crippen LogP contribution in [0.5, 0.6) is 5.75 Å². The molecule has 0 fully saturated rings. The number of nitrogens with two attached hydrogens (primary N) is 1. The van der Waals surface area contributed by atoms with Crippen LogP contribution >= 0.6 is 0 Å². The number of hydrogen-bond donors (Lipinski definition) is 1. The third kappa shape index (κ3) is 2.31. The minimum absolute atomic E-state index is 0.380. The Morgan fingerprint density at radius 3 is 2.70 bits per heavy atom. The Balaban J connectivity index is 2.00. The van der Waals surface area contributed by atoms with E-state index >= 15 is 0 Å². The van der Waals surface area contributed by atoms with E-state index < -0.39 is 0 Å². The van der Waals surface area contributed by atoms with Crippen LogP contribution in [0, 0.1) is 0 Å². The molecule has 0 spiro atoms. The Morgan fingerprint density at radius 1 is 1.10 bits per heavy atom. The summed E-state index contributed by atoms with van der Waals surface area (Å²) in [5, 5.41) is 0. The van der Waals surface area contributed by atoms with Crippen LogP contribution in [0.25, 0.3) is 11.0 Å². The maximum atomic E-state index is 6.23. The molecular formula is C15H14N4O. The fourth-order valence-corrected chi connectivity index (χ4v) is 2.01. The average Bonchev–Trinajstić information content (AvgIpc) is 2.53. The van der Waals surface area contributed by atoms with Gasteiger partial charge >= 0.3 is 0 Å². The maximum Gasteiger partial charge on any atom is 0.137 e. The van der Waals surface area contributed by atoms with Crippen LogP contribution in [0.15, 0.2) is 48.9 Å². The summed E-state index contributed by atoms with van der Waals surface area (Å²) in [6.07, 6.45) is 5.05. The van der Waals surface area contributed by atoms with Crippen molar-refractivity contribution in [1.82, 2.24) is 15.0 Å². The fraction of sp³-hybridized carbons (Fsp3) is 0.133. The lowest BCUT2D eigenvalue weighted by Gasteiger charge is -2.12. The van der Waals surface area contributed by atoms with Gasteiger partial charge in [0.2, 0.25) is 0 Å². The van der Waals surface area contributed by atoms with E-state index in [0.717, 1.165) is 16.6 Å². The third-order valence-electron chi connectivity index (χ3n) is 3.11. The van der Waals surface area contributed by atoms with Crippen molar-refractivity contribution in [2.24, 2.45) is 5.73 Å². The predicted octanol–water partition coefficient (Wildman–Crippen LogP) is 2.08. The van der Waals surface area contributed by atoms with Crippen molar-refractivity contribution in [3.8, 4) is 5.75 Å². The van der Waals surface area contributed by atoms with Gasteiger partial charge in [0.15, 0.2) is 0 Å². The van der Waals surface area contributed by atoms with Gasteiger partial charge in [0.05, 0.1) is 42.3 Å². The molecule has 5 nitrogen and oxygen atoms in total. The smallest absolute Gasteiger partial charge is 0.137 e. The minimum Gasteiger partial charge on any atom is -0.495 e. The molecule has 1 unspecified atom stereocenters. The number of ether oxygens (including phenoxy) is 1. The van der Waals surface area contributed by atoms with E-state index in [4.69, 9.17) is 10.5 Å². The molecule has 2 heterocycles. The molecule has 0 aliphatic heterocycles. The van der Waals surface area contributed by atoms with Crippen molar-refractivity contribution >= 4 is 11.0 Å². The molecule has 1 atom stereocenters. The maximum absolute atomic E-state index is 6.23. The van der Waals surface area contributed by atoms with Gasteiger partial charge in [0.1, 0.15) is 5.75 Å². The van der Waals surface area contributed by atoms with Crippen LogP contribution in [0.4, 0.5) is 0 Å². The first-order chi connectivity index (χ1) is 9.78. The molecule has 0 radical (unpaired) electrons. The van der Waals surface area contributed by atoms with Crippen LogP contribution in [0.1, 0.15) is 17.3 Å². The van der Waals surface area contributed by atoms with Gasteiger partial charge in [0.25, 0.3) is 0 Å². The predicted molar refractivity (Wildman–Crippen MR) is 76.4 cm³/mol. The lowest BCUT2D eigenvalue weighted by atomic mass is 10.1. The zero-order valence-electron chi connectivity index (χ0n) is 11.0. The van der Waals surface area contributed by atoms with E-state index in [1.165, 1.54) is 0 Å². The number of pyridine rings is 1. The van der Waals surface area contributed by atoms with Crippen molar-refractivity contribution in [3.63, 3.8) is 0 Å². The number of aromatic nitrogens is 3. The molecule has 5 heteroatoms. The summed E-state index contributed by atoms with van der Waals surface area (Å²) < 4.78 is 5.16. The number of fused-ring (bicyclic) bond motifs is 1. The molecule has 2 aromatic heterocycles. The van der Waals surface area contributed by atoms with Crippen molar-refractivity contribution < 1.29 is 4.74 Å². The lowest BCUT2D eigenvalue weighted by Crippen LogP contribution is -2.14. The van der Waals surface area contributed by atoms with E-state index in [9.17, 15) is 0 Å². The monoisotopic (exact) mass is 266 g/mol. The molecule has 0 aliphatic rings. The van der Waals surface area contributed by atoms with Crippen LogP contribution in [-0.4, -0.2) is 22.1 Å². The molecule has 20 heavy (non-hydrogen) atoms. The topological polar surface area (TPSA) is 73.9 Å². The SMILES string of the molecule is COc1cncc(C(N)c2cnc3ccccc3n2)c1. The van der Waals surface area contributed by atoms with Crippen LogP contribution in [0.2, 0.25) is 0 Å². The van der Waals surface area contributed by atoms with Gasteiger partial charge in [-0.1, -0.05) is 12.1 Å². The molecule has 0 saturated heterocycles. The molecule has 3 rings (SSSR count). The quantitative estimate of drug-likeness (QED) is 0.785. The van der Waals surface area contributed by atoms with Crippen LogP contribution in [-0.2, 0) is 0 Å². The summed E-state index contributed by atoms with van der Waals surface area (Å²) in [6.45, 7) is 0. The van der Waals surface area contributed by atoms with E-state index in [1.54, 1.807) is 25.7 Å². The summed E-state index contributed by atoms with van der Waals surface area (Å²) in [6, 6.07) is 9.18. The largest absolute Gasteiger partial charge is 0.495 e. The van der Waals surface area contributed by atoms with E-state index in [-0.39, 0.29) is 6.04 Å². The molecule has 0 aliphatic carbocycles. The van der Waals surface area contributed by atoms with Gasteiger partial charge < -0.3 is 10.5 Å². The van der Waals surface area contributed by atoms with E-state index in [0.29, 0.717) is 11.4 Å². The summed E-state index contributed by atoms with van der Waals surface area (Å²) in [4.78, 5) is 13.0. The van der Waals surface area contributed by atoms with Crippen molar-refractivity contribution in [3.05, 3.63) is 60.2 Å². The summed E-state index contributed by atoms with van der Waals surface area (Å²) >= 11 is 0. The summed E-state index contributed by atoms with van der Waals surface area (Å²) in [5.41, 5.74) is 9.47. The second kappa shape index (κ2) is 5.22. The highest BCUT2D eigenvalue weighted by Gasteiger charge is 2.13. The number of para-hydroxylation sites is 2. The van der Waals surface area contributed by atoms with Gasteiger partial charge in [-0.25, -0.2) is 4.98 Å². The lowest BCUT2D eigenvalue weighted by molar-refractivity contribution is 0.412. The highest BCUT2D eigenvalue weighted by Crippen LogP contribution is 2.21. The van der Waals surface area contributed by atoms with E-state index in [2.05, 4.69) is 15.0 Å². The molecule has 2 N–H and O–H groups in total. The van der Waals surface area contributed by atoms with Crippen LogP contribution in [0.3, 0.4) is 0 Å². The Morgan fingerprint density at radius 2 is 1.90 bits per heavy atom. The first-order valence-electron chi connectivity index (χ1n) is 6.24.